The molecule has 6 nitrogen and oxygen atoms in total. The molecule has 0 aromatic carbocycles. The Morgan fingerprint density at radius 2 is 2.00 bits per heavy atom. The van der Waals surface area contributed by atoms with E-state index >= 15 is 0 Å². The molecule has 0 saturated carbocycles. The van der Waals surface area contributed by atoms with Crippen LogP contribution in [0.3, 0.4) is 0 Å². The summed E-state index contributed by atoms with van der Waals surface area (Å²) in [5.74, 6) is 2.44. The molecule has 2 fully saturated rings. The fourth-order valence-corrected chi connectivity index (χ4v) is 3.40. The average Bonchev–Trinajstić information content (AvgIpc) is 2.61. The number of hydrogen-bond donors (Lipinski definition) is 1. The molecule has 1 unspecified atom stereocenters. The Kier molecular flexibility index (Phi) is 7.74. The largest absolute Gasteiger partial charge is 0.370 e. The first-order chi connectivity index (χ1) is 11.6. The van der Waals surface area contributed by atoms with Gasteiger partial charge in [-0.1, -0.05) is 13.0 Å². The van der Waals surface area contributed by atoms with Crippen molar-refractivity contribution in [2.75, 3.05) is 51.2 Å². The zero-order valence-corrected chi connectivity index (χ0v) is 17.7. The number of hydrogen-bond acceptors (Lipinski definition) is 4. The maximum absolute atomic E-state index is 6.16. The van der Waals surface area contributed by atoms with Crippen molar-refractivity contribution in [3.63, 3.8) is 0 Å². The quantitative estimate of drug-likeness (QED) is 0.427. The normalized spacial score (nSPS) is 22.6. The molecule has 2 aliphatic heterocycles. The number of piperazine rings is 1. The van der Waals surface area contributed by atoms with E-state index in [-0.39, 0.29) is 24.0 Å². The van der Waals surface area contributed by atoms with Gasteiger partial charge in [-0.25, -0.2) is 9.98 Å². The molecular formula is C18H31IN6. The fourth-order valence-electron chi connectivity index (χ4n) is 3.40. The van der Waals surface area contributed by atoms with E-state index in [1.165, 1.54) is 12.8 Å². The Bertz CT molecular complexity index is 553. The van der Waals surface area contributed by atoms with E-state index in [4.69, 9.17) is 5.73 Å². The van der Waals surface area contributed by atoms with Crippen LogP contribution in [0.15, 0.2) is 23.3 Å². The van der Waals surface area contributed by atoms with Gasteiger partial charge in [-0.2, -0.15) is 0 Å². The number of aliphatic imine (C=N–C) groups is 1. The second-order valence-electron chi connectivity index (χ2n) is 7.18. The molecule has 0 spiro atoms. The van der Waals surface area contributed by atoms with Gasteiger partial charge in [0.05, 0.1) is 6.54 Å². The molecule has 0 bridgehead atoms. The minimum atomic E-state index is 0. The van der Waals surface area contributed by atoms with Gasteiger partial charge < -0.3 is 20.4 Å². The summed E-state index contributed by atoms with van der Waals surface area (Å²) >= 11 is 0. The van der Waals surface area contributed by atoms with Gasteiger partial charge in [0, 0.05) is 45.5 Å². The lowest BCUT2D eigenvalue weighted by Crippen LogP contribution is -2.44. The highest BCUT2D eigenvalue weighted by Gasteiger charge is 2.18. The number of likely N-dealkylation sites (N-methyl/N-ethyl adjacent to an activating group) is 1. The van der Waals surface area contributed by atoms with Crippen LogP contribution in [-0.4, -0.2) is 67.1 Å². The van der Waals surface area contributed by atoms with Gasteiger partial charge in [0.2, 0.25) is 0 Å². The van der Waals surface area contributed by atoms with E-state index in [1.54, 1.807) is 0 Å². The van der Waals surface area contributed by atoms with Crippen LogP contribution in [-0.2, 0) is 6.54 Å². The zero-order chi connectivity index (χ0) is 16.9. The van der Waals surface area contributed by atoms with Gasteiger partial charge in [-0.05, 0) is 37.4 Å². The van der Waals surface area contributed by atoms with Crippen LogP contribution >= 0.6 is 24.0 Å². The maximum Gasteiger partial charge on any atom is 0.191 e. The number of pyridine rings is 1. The van der Waals surface area contributed by atoms with Crippen LogP contribution in [0, 0.1) is 5.92 Å². The maximum atomic E-state index is 6.16. The number of anilines is 1. The molecule has 25 heavy (non-hydrogen) atoms. The SMILES string of the molecule is CC1CCCN(C(N)=NCc2ccc(N3CCN(C)CC3)nc2)C1.I. The van der Waals surface area contributed by atoms with Gasteiger partial charge in [-0.3, -0.25) is 0 Å². The third-order valence-electron chi connectivity index (χ3n) is 5.04. The first kappa shape index (κ1) is 20.2. The topological polar surface area (TPSA) is 61.0 Å². The molecule has 0 aliphatic carbocycles. The predicted molar refractivity (Wildman–Crippen MR) is 115 cm³/mol. The number of aromatic nitrogens is 1. The standard InChI is InChI=1S/C18H30N6.HI/c1-15-4-3-7-24(14-15)18(19)21-13-16-5-6-17(20-12-16)23-10-8-22(2)9-11-23;/h5-6,12,15H,3-4,7-11,13-14H2,1-2H3,(H2,19,21);1H. The number of piperidine rings is 1. The molecule has 7 heteroatoms. The third-order valence-corrected chi connectivity index (χ3v) is 5.04. The third kappa shape index (κ3) is 5.70. The highest BCUT2D eigenvalue weighted by atomic mass is 127. The average molecular weight is 458 g/mol. The van der Waals surface area contributed by atoms with Crippen LogP contribution in [0.1, 0.15) is 25.3 Å². The molecular weight excluding hydrogens is 427 g/mol. The van der Waals surface area contributed by atoms with E-state index in [0.29, 0.717) is 18.4 Å². The molecule has 0 radical (unpaired) electrons. The first-order valence-electron chi connectivity index (χ1n) is 9.05. The lowest BCUT2D eigenvalue weighted by molar-refractivity contribution is 0.270. The van der Waals surface area contributed by atoms with Crippen LogP contribution < -0.4 is 10.6 Å². The Balaban J connectivity index is 0.00000225. The molecule has 3 rings (SSSR count). The Labute approximate surface area is 168 Å². The van der Waals surface area contributed by atoms with E-state index in [2.05, 4.69) is 50.8 Å². The van der Waals surface area contributed by atoms with Crippen molar-refractivity contribution in [1.82, 2.24) is 14.8 Å². The zero-order valence-electron chi connectivity index (χ0n) is 15.4. The summed E-state index contributed by atoms with van der Waals surface area (Å²) in [4.78, 5) is 16.1. The Morgan fingerprint density at radius 3 is 2.64 bits per heavy atom. The van der Waals surface area contributed by atoms with Crippen LogP contribution in [0.2, 0.25) is 0 Å². The molecule has 1 aromatic rings. The van der Waals surface area contributed by atoms with Gasteiger partial charge >= 0.3 is 0 Å². The predicted octanol–water partition coefficient (Wildman–Crippen LogP) is 2.00. The monoisotopic (exact) mass is 458 g/mol. The lowest BCUT2D eigenvalue weighted by atomic mass is 10.0. The molecule has 2 aliphatic rings. The summed E-state index contributed by atoms with van der Waals surface area (Å²) in [5.41, 5.74) is 7.27. The molecule has 2 saturated heterocycles. The van der Waals surface area contributed by atoms with Gasteiger partial charge in [-0.15, -0.1) is 24.0 Å². The summed E-state index contributed by atoms with van der Waals surface area (Å²) in [6.45, 7) is 9.21. The highest BCUT2D eigenvalue weighted by molar-refractivity contribution is 14.0. The highest BCUT2D eigenvalue weighted by Crippen LogP contribution is 2.16. The molecule has 140 valence electrons. The number of guanidine groups is 1. The fraction of sp³-hybridized carbons (Fsp3) is 0.667. The molecule has 1 aromatic heterocycles. The van der Waals surface area contributed by atoms with Crippen molar-refractivity contribution in [1.29, 1.82) is 0 Å². The van der Waals surface area contributed by atoms with Gasteiger partial charge in [0.1, 0.15) is 5.82 Å². The number of rotatable bonds is 3. The Morgan fingerprint density at radius 1 is 1.24 bits per heavy atom. The van der Waals surface area contributed by atoms with Crippen molar-refractivity contribution in [3.8, 4) is 0 Å². The number of likely N-dealkylation sites (tertiary alicyclic amines) is 1. The summed E-state index contributed by atoms with van der Waals surface area (Å²) in [6.07, 6.45) is 4.43. The summed E-state index contributed by atoms with van der Waals surface area (Å²) < 4.78 is 0. The molecule has 3 heterocycles. The van der Waals surface area contributed by atoms with Crippen LogP contribution in [0.4, 0.5) is 5.82 Å². The van der Waals surface area contributed by atoms with E-state index < -0.39 is 0 Å². The van der Waals surface area contributed by atoms with Crippen LogP contribution in [0.25, 0.3) is 0 Å². The number of nitrogens with zero attached hydrogens (tertiary/aromatic N) is 5. The van der Waals surface area contributed by atoms with E-state index in [0.717, 1.165) is 50.6 Å². The minimum absolute atomic E-state index is 0. The smallest absolute Gasteiger partial charge is 0.191 e. The van der Waals surface area contributed by atoms with Gasteiger partial charge in [0.25, 0.3) is 0 Å². The summed E-state index contributed by atoms with van der Waals surface area (Å²) in [6, 6.07) is 4.23. The first-order valence-corrected chi connectivity index (χ1v) is 9.05. The Hall–Kier alpha value is -1.09. The van der Waals surface area contributed by atoms with Crippen molar-refractivity contribution < 1.29 is 0 Å². The van der Waals surface area contributed by atoms with Crippen molar-refractivity contribution >= 4 is 35.8 Å². The summed E-state index contributed by atoms with van der Waals surface area (Å²) in [7, 11) is 2.17. The second kappa shape index (κ2) is 9.56. The van der Waals surface area contributed by atoms with Crippen molar-refractivity contribution in [3.05, 3.63) is 23.9 Å². The number of halogens is 1. The number of nitrogens with two attached hydrogens (primary N) is 1. The van der Waals surface area contributed by atoms with Crippen molar-refractivity contribution in [2.24, 2.45) is 16.6 Å². The molecule has 0 amide bonds. The molecule has 1 atom stereocenters. The summed E-state index contributed by atoms with van der Waals surface area (Å²) in [5, 5.41) is 0. The van der Waals surface area contributed by atoms with E-state index in [1.807, 2.05) is 6.20 Å². The minimum Gasteiger partial charge on any atom is -0.370 e. The lowest BCUT2D eigenvalue weighted by Gasteiger charge is -2.33. The second-order valence-corrected chi connectivity index (χ2v) is 7.18. The van der Waals surface area contributed by atoms with Crippen LogP contribution in [0.5, 0.6) is 0 Å². The molecule has 2 N–H and O–H groups in total. The van der Waals surface area contributed by atoms with Gasteiger partial charge in [0.15, 0.2) is 5.96 Å². The van der Waals surface area contributed by atoms with E-state index in [9.17, 15) is 0 Å². The van der Waals surface area contributed by atoms with Crippen molar-refractivity contribution in [2.45, 2.75) is 26.3 Å².